The van der Waals surface area contributed by atoms with Crippen molar-refractivity contribution in [3.8, 4) is 5.75 Å². The average Bonchev–Trinajstić information content (AvgIpc) is 2.76. The summed E-state index contributed by atoms with van der Waals surface area (Å²) in [4.78, 5) is 22.8. The summed E-state index contributed by atoms with van der Waals surface area (Å²) < 4.78 is 29.5. The summed E-state index contributed by atoms with van der Waals surface area (Å²) in [5.41, 5.74) is 1.15. The number of benzene rings is 2. The molecule has 3 rings (SSSR count). The molecular weight excluding hydrogens is 306 g/mol. The molecule has 0 atom stereocenters. The summed E-state index contributed by atoms with van der Waals surface area (Å²) in [6.07, 6.45) is 0. The van der Waals surface area contributed by atoms with Crippen molar-refractivity contribution in [3.05, 3.63) is 59.2 Å². The maximum atomic E-state index is 12.2. The molecule has 0 bridgehead atoms. The van der Waals surface area contributed by atoms with Crippen LogP contribution in [0.1, 0.15) is 26.3 Å². The van der Waals surface area contributed by atoms with Crippen molar-refractivity contribution in [2.24, 2.45) is 0 Å². The third kappa shape index (κ3) is 2.46. The van der Waals surface area contributed by atoms with Gasteiger partial charge in [0.1, 0.15) is 10.6 Å². The van der Waals surface area contributed by atoms with Gasteiger partial charge in [-0.1, -0.05) is 17.7 Å². The van der Waals surface area contributed by atoms with Gasteiger partial charge in [0.25, 0.3) is 11.8 Å². The zero-order valence-electron chi connectivity index (χ0n) is 11.5. The van der Waals surface area contributed by atoms with Gasteiger partial charge >= 0.3 is 10.1 Å². The normalized spacial score (nSPS) is 13.7. The number of carbonyl (C=O) groups excluding carboxylic acids is 2. The van der Waals surface area contributed by atoms with E-state index in [9.17, 15) is 18.0 Å². The third-order valence-corrected chi connectivity index (χ3v) is 4.47. The van der Waals surface area contributed by atoms with E-state index in [0.717, 1.165) is 11.6 Å². The van der Waals surface area contributed by atoms with E-state index in [2.05, 4.69) is 5.32 Å². The number of imide groups is 1. The van der Waals surface area contributed by atoms with Crippen molar-refractivity contribution >= 4 is 21.9 Å². The number of fused-ring (bicyclic) bond motifs is 1. The lowest BCUT2D eigenvalue weighted by molar-refractivity contribution is 0.0879. The van der Waals surface area contributed by atoms with Crippen molar-refractivity contribution in [2.75, 3.05) is 0 Å². The highest BCUT2D eigenvalue weighted by Gasteiger charge is 2.29. The minimum absolute atomic E-state index is 0.0265. The first-order chi connectivity index (χ1) is 10.4. The van der Waals surface area contributed by atoms with Gasteiger partial charge in [-0.2, -0.15) is 8.42 Å². The number of hydrogen-bond acceptors (Lipinski definition) is 5. The van der Waals surface area contributed by atoms with Crippen molar-refractivity contribution in [3.63, 3.8) is 0 Å². The molecule has 1 N–H and O–H groups in total. The van der Waals surface area contributed by atoms with Crippen LogP contribution >= 0.6 is 0 Å². The zero-order valence-corrected chi connectivity index (χ0v) is 12.3. The highest BCUT2D eigenvalue weighted by Crippen LogP contribution is 2.23. The molecule has 0 saturated heterocycles. The Labute approximate surface area is 126 Å². The highest BCUT2D eigenvalue weighted by molar-refractivity contribution is 7.87. The lowest BCUT2D eigenvalue weighted by Gasteiger charge is -2.08. The Kier molecular flexibility index (Phi) is 3.22. The summed E-state index contributed by atoms with van der Waals surface area (Å²) in [6, 6.07) is 10.2. The smallest absolute Gasteiger partial charge is 0.339 e. The fourth-order valence-electron chi connectivity index (χ4n) is 2.07. The molecule has 2 aromatic carbocycles. The van der Waals surface area contributed by atoms with Crippen molar-refractivity contribution < 1.29 is 22.2 Å². The molecule has 0 saturated carbocycles. The van der Waals surface area contributed by atoms with Gasteiger partial charge in [-0.3, -0.25) is 14.9 Å². The summed E-state index contributed by atoms with van der Waals surface area (Å²) in [7, 11) is -4.08. The fourth-order valence-corrected chi connectivity index (χ4v) is 3.03. The quantitative estimate of drug-likeness (QED) is 0.686. The molecule has 2 aromatic rings. The van der Waals surface area contributed by atoms with Gasteiger partial charge in [-0.15, -0.1) is 0 Å². The number of amides is 2. The zero-order chi connectivity index (χ0) is 15.9. The van der Waals surface area contributed by atoms with Crippen LogP contribution in [0.3, 0.4) is 0 Å². The molecule has 0 radical (unpaired) electrons. The van der Waals surface area contributed by atoms with Crippen LogP contribution in [0, 0.1) is 6.92 Å². The van der Waals surface area contributed by atoms with Crippen LogP contribution in [0.5, 0.6) is 5.75 Å². The maximum absolute atomic E-state index is 12.2. The SMILES string of the molecule is Cc1ccc(OS(=O)(=O)c2ccc3c(c2)C(=O)NC3=O)cc1. The summed E-state index contributed by atoms with van der Waals surface area (Å²) in [6.45, 7) is 1.87. The van der Waals surface area contributed by atoms with E-state index in [1.807, 2.05) is 6.92 Å². The van der Waals surface area contributed by atoms with Crippen molar-refractivity contribution in [1.29, 1.82) is 0 Å². The second kappa shape index (κ2) is 4.96. The van der Waals surface area contributed by atoms with Crippen LogP contribution in [-0.2, 0) is 10.1 Å². The van der Waals surface area contributed by atoms with Gasteiger partial charge < -0.3 is 4.18 Å². The van der Waals surface area contributed by atoms with Crippen molar-refractivity contribution in [1.82, 2.24) is 5.32 Å². The Bertz CT molecular complexity index is 885. The Hall–Kier alpha value is -2.67. The molecule has 0 spiro atoms. The molecule has 1 aliphatic rings. The predicted molar refractivity (Wildman–Crippen MR) is 77.2 cm³/mol. The van der Waals surface area contributed by atoms with E-state index in [1.54, 1.807) is 12.1 Å². The molecule has 0 fully saturated rings. The van der Waals surface area contributed by atoms with Crippen LogP contribution in [-0.4, -0.2) is 20.2 Å². The summed E-state index contributed by atoms with van der Waals surface area (Å²) >= 11 is 0. The van der Waals surface area contributed by atoms with Gasteiger partial charge in [0.15, 0.2) is 0 Å². The van der Waals surface area contributed by atoms with Crippen molar-refractivity contribution in [2.45, 2.75) is 11.8 Å². The van der Waals surface area contributed by atoms with E-state index in [4.69, 9.17) is 4.18 Å². The van der Waals surface area contributed by atoms with E-state index in [0.29, 0.717) is 0 Å². The highest BCUT2D eigenvalue weighted by atomic mass is 32.2. The minimum Gasteiger partial charge on any atom is -0.379 e. The minimum atomic E-state index is -4.08. The number of aryl methyl sites for hydroxylation is 1. The molecule has 0 aromatic heterocycles. The first-order valence-electron chi connectivity index (χ1n) is 6.38. The van der Waals surface area contributed by atoms with Crippen LogP contribution < -0.4 is 9.50 Å². The lowest BCUT2D eigenvalue weighted by Crippen LogP contribution is -2.19. The molecule has 7 heteroatoms. The van der Waals surface area contributed by atoms with Crippen LogP contribution in [0.15, 0.2) is 47.4 Å². The average molecular weight is 317 g/mol. The molecule has 2 amide bonds. The topological polar surface area (TPSA) is 89.5 Å². The van der Waals surface area contributed by atoms with Gasteiger partial charge in [0, 0.05) is 0 Å². The standard InChI is InChI=1S/C15H11NO5S/c1-9-2-4-10(5-3-9)21-22(19,20)11-6-7-12-13(8-11)15(18)16-14(12)17/h2-8H,1H3,(H,16,17,18). The first kappa shape index (κ1) is 14.3. The molecule has 1 heterocycles. The van der Waals surface area contributed by atoms with E-state index in [-0.39, 0.29) is 21.8 Å². The second-order valence-electron chi connectivity index (χ2n) is 4.84. The molecule has 1 aliphatic heterocycles. The Morgan fingerprint density at radius 1 is 0.909 bits per heavy atom. The van der Waals surface area contributed by atoms with E-state index >= 15 is 0 Å². The monoisotopic (exact) mass is 317 g/mol. The second-order valence-corrected chi connectivity index (χ2v) is 6.39. The number of hydrogen-bond donors (Lipinski definition) is 1. The Balaban J connectivity index is 1.96. The molecule has 6 nitrogen and oxygen atoms in total. The Morgan fingerprint density at radius 3 is 2.23 bits per heavy atom. The lowest BCUT2D eigenvalue weighted by atomic mass is 10.1. The predicted octanol–water partition coefficient (Wildman–Crippen LogP) is 1.65. The fraction of sp³-hybridized carbons (Fsp3) is 0.0667. The van der Waals surface area contributed by atoms with Gasteiger partial charge in [-0.25, -0.2) is 0 Å². The Morgan fingerprint density at radius 2 is 1.55 bits per heavy atom. The number of carbonyl (C=O) groups is 2. The van der Waals surface area contributed by atoms with E-state index in [1.165, 1.54) is 24.3 Å². The molecule has 22 heavy (non-hydrogen) atoms. The van der Waals surface area contributed by atoms with Gasteiger partial charge in [-0.05, 0) is 37.3 Å². The van der Waals surface area contributed by atoms with E-state index < -0.39 is 21.9 Å². The summed E-state index contributed by atoms with van der Waals surface area (Å²) in [5.74, 6) is -0.984. The molecular formula is C15H11NO5S. The summed E-state index contributed by atoms with van der Waals surface area (Å²) in [5, 5.41) is 2.10. The van der Waals surface area contributed by atoms with Gasteiger partial charge in [0.05, 0.1) is 11.1 Å². The molecule has 0 aliphatic carbocycles. The number of nitrogens with one attached hydrogen (secondary N) is 1. The van der Waals surface area contributed by atoms with Crippen LogP contribution in [0.25, 0.3) is 0 Å². The maximum Gasteiger partial charge on any atom is 0.339 e. The molecule has 0 unspecified atom stereocenters. The van der Waals surface area contributed by atoms with Crippen LogP contribution in [0.2, 0.25) is 0 Å². The first-order valence-corrected chi connectivity index (χ1v) is 7.78. The van der Waals surface area contributed by atoms with Gasteiger partial charge in [0.2, 0.25) is 0 Å². The third-order valence-electron chi connectivity index (χ3n) is 3.22. The number of rotatable bonds is 3. The largest absolute Gasteiger partial charge is 0.379 e. The molecule has 112 valence electrons. The van der Waals surface area contributed by atoms with Crippen LogP contribution in [0.4, 0.5) is 0 Å².